The number of hydrogen-bond acceptors (Lipinski definition) is 6. The fraction of sp³-hybridized carbons (Fsp3) is 0.211. The van der Waals surface area contributed by atoms with Crippen molar-refractivity contribution in [2.24, 2.45) is 5.14 Å². The lowest BCUT2D eigenvalue weighted by atomic mass is 10.1. The van der Waals surface area contributed by atoms with Crippen molar-refractivity contribution in [3.05, 3.63) is 54.6 Å². The highest BCUT2D eigenvalue weighted by atomic mass is 32.2. The number of rotatable bonds is 9. The van der Waals surface area contributed by atoms with Gasteiger partial charge >= 0.3 is 0 Å². The van der Waals surface area contributed by atoms with Gasteiger partial charge in [0, 0.05) is 5.69 Å². The number of ether oxygens (including phenoxy) is 3. The minimum absolute atomic E-state index is 0.0844. The summed E-state index contributed by atoms with van der Waals surface area (Å²) >= 11 is 0. The van der Waals surface area contributed by atoms with Crippen LogP contribution in [0, 0.1) is 0 Å². The second-order valence-corrected chi connectivity index (χ2v) is 7.26. The zero-order valence-electron chi connectivity index (χ0n) is 15.6. The molecule has 0 bridgehead atoms. The molecule has 0 aliphatic heterocycles. The Morgan fingerprint density at radius 3 is 2.39 bits per heavy atom. The summed E-state index contributed by atoms with van der Waals surface area (Å²) in [5, 5.41) is 7.72. The van der Waals surface area contributed by atoms with Crippen LogP contribution in [0.2, 0.25) is 0 Å². The Morgan fingerprint density at radius 2 is 1.79 bits per heavy atom. The Kier molecular flexibility index (Phi) is 7.02. The zero-order valence-corrected chi connectivity index (χ0v) is 16.4. The summed E-state index contributed by atoms with van der Waals surface area (Å²) in [6.07, 6.45) is 2.45. The maximum absolute atomic E-state index is 12.2. The van der Waals surface area contributed by atoms with E-state index in [1.807, 2.05) is 6.07 Å². The number of hydrogen-bond donors (Lipinski definition) is 2. The molecule has 0 fully saturated rings. The third-order valence-electron chi connectivity index (χ3n) is 3.72. The summed E-state index contributed by atoms with van der Waals surface area (Å²) in [7, 11) is -1.18. The van der Waals surface area contributed by atoms with E-state index in [2.05, 4.69) is 11.9 Å². The number of methoxy groups -OCH3 is 2. The molecule has 0 spiro atoms. The van der Waals surface area contributed by atoms with Gasteiger partial charge in [0.25, 0.3) is 5.91 Å². The largest absolute Gasteiger partial charge is 0.495 e. The molecule has 2 aromatic rings. The predicted molar refractivity (Wildman–Crippen MR) is 105 cm³/mol. The molecule has 0 aromatic heterocycles. The second kappa shape index (κ2) is 9.25. The van der Waals surface area contributed by atoms with Crippen LogP contribution >= 0.6 is 0 Å². The summed E-state index contributed by atoms with van der Waals surface area (Å²) in [4.78, 5) is 11.9. The zero-order chi connectivity index (χ0) is 20.7. The second-order valence-electron chi connectivity index (χ2n) is 5.73. The molecule has 0 aliphatic carbocycles. The molecule has 3 N–H and O–H groups in total. The lowest BCUT2D eigenvalue weighted by Crippen LogP contribution is -2.21. The maximum atomic E-state index is 12.2. The quantitative estimate of drug-likeness (QED) is 0.616. The minimum atomic E-state index is -4.01. The third kappa shape index (κ3) is 5.48. The Morgan fingerprint density at radius 1 is 1.11 bits per heavy atom. The molecule has 0 heterocycles. The molecule has 150 valence electrons. The number of nitrogens with one attached hydrogen (secondary N) is 1. The Hall–Kier alpha value is -3.04. The van der Waals surface area contributed by atoms with Gasteiger partial charge < -0.3 is 19.5 Å². The molecular weight excluding hydrogens is 384 g/mol. The summed E-state index contributed by atoms with van der Waals surface area (Å²) in [5.41, 5.74) is 1.24. The van der Waals surface area contributed by atoms with Gasteiger partial charge in [-0.1, -0.05) is 12.1 Å². The molecule has 0 radical (unpaired) electrons. The van der Waals surface area contributed by atoms with E-state index in [-0.39, 0.29) is 22.9 Å². The monoisotopic (exact) mass is 406 g/mol. The number of benzene rings is 2. The van der Waals surface area contributed by atoms with Crippen LogP contribution in [0.15, 0.2) is 53.9 Å². The smallest absolute Gasteiger partial charge is 0.262 e. The standard InChI is InChI=1S/C19H22N2O6S/c1-4-5-13-6-8-15(17(10-13)26-3)27-12-19(22)21-14-7-9-16(25-2)18(11-14)28(20,23)24/h4,6-11H,1,5,12H2,2-3H3,(H,21,22)(H2,20,23,24). The molecule has 28 heavy (non-hydrogen) atoms. The molecule has 2 rings (SSSR count). The van der Waals surface area contributed by atoms with E-state index in [9.17, 15) is 13.2 Å². The summed E-state index contributed by atoms with van der Waals surface area (Å²) in [5.74, 6) is 0.502. The number of carbonyl (C=O) groups is 1. The van der Waals surface area contributed by atoms with Crippen molar-refractivity contribution in [1.29, 1.82) is 0 Å². The van der Waals surface area contributed by atoms with Crippen LogP contribution in [0.3, 0.4) is 0 Å². The predicted octanol–water partition coefficient (Wildman–Crippen LogP) is 2.10. The molecule has 0 saturated heterocycles. The van der Waals surface area contributed by atoms with Crippen molar-refractivity contribution in [2.75, 3.05) is 26.1 Å². The van der Waals surface area contributed by atoms with Crippen molar-refractivity contribution >= 4 is 21.6 Å². The van der Waals surface area contributed by atoms with Crippen LogP contribution in [-0.2, 0) is 21.2 Å². The van der Waals surface area contributed by atoms with Gasteiger partial charge in [-0.15, -0.1) is 6.58 Å². The fourth-order valence-corrected chi connectivity index (χ4v) is 3.17. The van der Waals surface area contributed by atoms with Crippen LogP contribution < -0.4 is 24.7 Å². The Bertz CT molecular complexity index is 972. The maximum Gasteiger partial charge on any atom is 0.262 e. The van der Waals surface area contributed by atoms with Crippen molar-refractivity contribution < 1.29 is 27.4 Å². The SMILES string of the molecule is C=CCc1ccc(OCC(=O)Nc2ccc(OC)c(S(N)(=O)=O)c2)c(OC)c1. The van der Waals surface area contributed by atoms with E-state index in [4.69, 9.17) is 19.3 Å². The fourth-order valence-electron chi connectivity index (χ4n) is 2.44. The molecule has 0 unspecified atom stereocenters. The van der Waals surface area contributed by atoms with Crippen LogP contribution in [-0.4, -0.2) is 35.2 Å². The highest BCUT2D eigenvalue weighted by Crippen LogP contribution is 2.29. The lowest BCUT2D eigenvalue weighted by molar-refractivity contribution is -0.118. The Balaban J connectivity index is 2.08. The van der Waals surface area contributed by atoms with Crippen molar-refractivity contribution in [2.45, 2.75) is 11.3 Å². The number of nitrogens with two attached hydrogens (primary N) is 1. The molecule has 0 saturated carbocycles. The summed E-state index contributed by atoms with van der Waals surface area (Å²) < 4.78 is 39.0. The molecule has 2 aromatic carbocycles. The van der Waals surface area contributed by atoms with E-state index < -0.39 is 15.9 Å². The van der Waals surface area contributed by atoms with Gasteiger partial charge in [0.2, 0.25) is 10.0 Å². The van der Waals surface area contributed by atoms with Gasteiger partial charge in [0.15, 0.2) is 18.1 Å². The van der Waals surface area contributed by atoms with Gasteiger partial charge in [-0.2, -0.15) is 0 Å². The van der Waals surface area contributed by atoms with E-state index >= 15 is 0 Å². The van der Waals surface area contributed by atoms with Crippen molar-refractivity contribution in [3.63, 3.8) is 0 Å². The van der Waals surface area contributed by atoms with Gasteiger partial charge in [-0.25, -0.2) is 13.6 Å². The van der Waals surface area contributed by atoms with E-state index in [0.717, 1.165) is 5.56 Å². The normalized spacial score (nSPS) is 10.8. The number of amides is 1. The lowest BCUT2D eigenvalue weighted by Gasteiger charge is -2.13. The van der Waals surface area contributed by atoms with Crippen molar-refractivity contribution in [1.82, 2.24) is 0 Å². The summed E-state index contributed by atoms with van der Waals surface area (Å²) in [6, 6.07) is 9.47. The first-order valence-electron chi connectivity index (χ1n) is 8.19. The average molecular weight is 406 g/mol. The molecule has 0 aliphatic rings. The number of anilines is 1. The minimum Gasteiger partial charge on any atom is -0.495 e. The van der Waals surface area contributed by atoms with E-state index in [1.165, 1.54) is 32.4 Å². The van der Waals surface area contributed by atoms with E-state index in [1.54, 1.807) is 18.2 Å². The van der Waals surface area contributed by atoms with E-state index in [0.29, 0.717) is 17.9 Å². The summed E-state index contributed by atoms with van der Waals surface area (Å²) in [6.45, 7) is 3.39. The number of sulfonamides is 1. The molecule has 0 atom stereocenters. The molecule has 9 heteroatoms. The highest BCUT2D eigenvalue weighted by Gasteiger charge is 2.16. The van der Waals surface area contributed by atoms with Crippen LogP contribution in [0.4, 0.5) is 5.69 Å². The number of primary sulfonamides is 1. The van der Waals surface area contributed by atoms with Crippen LogP contribution in [0.5, 0.6) is 17.2 Å². The molecule has 8 nitrogen and oxygen atoms in total. The molecular formula is C19H22N2O6S. The number of allylic oxidation sites excluding steroid dienone is 1. The molecule has 1 amide bonds. The first-order valence-corrected chi connectivity index (χ1v) is 9.74. The first-order chi connectivity index (χ1) is 13.3. The van der Waals surface area contributed by atoms with Gasteiger partial charge in [0.1, 0.15) is 10.6 Å². The highest BCUT2D eigenvalue weighted by molar-refractivity contribution is 7.89. The van der Waals surface area contributed by atoms with Crippen molar-refractivity contribution in [3.8, 4) is 17.2 Å². The van der Waals surface area contributed by atoms with Gasteiger partial charge in [-0.05, 0) is 42.3 Å². The van der Waals surface area contributed by atoms with Gasteiger partial charge in [0.05, 0.1) is 14.2 Å². The van der Waals surface area contributed by atoms with Crippen LogP contribution in [0.1, 0.15) is 5.56 Å². The Labute approximate surface area is 164 Å². The van der Waals surface area contributed by atoms with Gasteiger partial charge in [-0.3, -0.25) is 4.79 Å². The number of carbonyl (C=O) groups excluding carboxylic acids is 1. The topological polar surface area (TPSA) is 117 Å². The van der Waals surface area contributed by atoms with Crippen LogP contribution in [0.25, 0.3) is 0 Å². The first kappa shape index (κ1) is 21.3. The third-order valence-corrected chi connectivity index (χ3v) is 4.65. The average Bonchev–Trinajstić information content (AvgIpc) is 2.66.